The number of hydrogen-bond donors (Lipinski definition) is 1. The van der Waals surface area contributed by atoms with Crippen molar-refractivity contribution in [3.05, 3.63) is 54.1 Å². The van der Waals surface area contributed by atoms with Crippen LogP contribution in [0.3, 0.4) is 0 Å². The number of carbonyl (C=O) groups excluding carboxylic acids is 1. The number of halogens is 3. The summed E-state index contributed by atoms with van der Waals surface area (Å²) in [6, 6.07) is 8.39. The van der Waals surface area contributed by atoms with Crippen LogP contribution in [-0.2, 0) is 35.7 Å². The molecule has 0 spiro atoms. The summed E-state index contributed by atoms with van der Waals surface area (Å²) in [5, 5.41) is 1.42. The molecule has 1 aliphatic heterocycles. The monoisotopic (exact) mass is 520 g/mol. The van der Waals surface area contributed by atoms with Gasteiger partial charge in [0.1, 0.15) is 0 Å². The van der Waals surface area contributed by atoms with E-state index in [1.54, 1.807) is 6.07 Å². The van der Waals surface area contributed by atoms with Crippen molar-refractivity contribution in [2.24, 2.45) is 0 Å². The Kier molecular flexibility index (Phi) is 7.70. The number of carbonyl (C=O) groups is 1. The van der Waals surface area contributed by atoms with E-state index in [0.717, 1.165) is 6.07 Å². The minimum Gasteiger partial charge on any atom is -0.368 e. The Morgan fingerprint density at radius 1 is 1.09 bits per heavy atom. The quantitative estimate of drug-likeness (QED) is 0.570. The van der Waals surface area contributed by atoms with E-state index in [2.05, 4.69) is 4.72 Å². The predicted molar refractivity (Wildman–Crippen MR) is 115 cm³/mol. The molecule has 1 aliphatic rings. The van der Waals surface area contributed by atoms with Gasteiger partial charge in [0.2, 0.25) is 19.9 Å². The lowest BCUT2D eigenvalue weighted by Gasteiger charge is -2.22. The van der Waals surface area contributed by atoms with Gasteiger partial charge in [0.05, 0.1) is 20.2 Å². The van der Waals surface area contributed by atoms with Crippen molar-refractivity contribution in [1.82, 2.24) is 9.79 Å². The molecule has 8 nitrogen and oxygen atoms in total. The largest absolute Gasteiger partial charge is 0.417 e. The molecule has 0 amide bonds. The fourth-order valence-electron chi connectivity index (χ4n) is 3.68. The fourth-order valence-corrected chi connectivity index (χ4v) is 6.36. The summed E-state index contributed by atoms with van der Waals surface area (Å²) in [6.07, 6.45) is -3.53. The van der Waals surface area contributed by atoms with Crippen molar-refractivity contribution >= 4 is 25.8 Å². The van der Waals surface area contributed by atoms with E-state index in [0.29, 0.717) is 31.5 Å². The normalized spacial score (nSPS) is 17.6. The third-order valence-electron chi connectivity index (χ3n) is 5.25. The van der Waals surface area contributed by atoms with Gasteiger partial charge in [-0.2, -0.15) is 13.2 Å². The van der Waals surface area contributed by atoms with Gasteiger partial charge in [-0.15, -0.1) is 5.06 Å². The van der Waals surface area contributed by atoms with Crippen molar-refractivity contribution in [3.8, 4) is 0 Å². The van der Waals surface area contributed by atoms with Crippen LogP contribution in [0.5, 0.6) is 0 Å². The number of rotatable bonds is 8. The first-order valence-corrected chi connectivity index (χ1v) is 13.3. The molecule has 34 heavy (non-hydrogen) atoms. The van der Waals surface area contributed by atoms with Gasteiger partial charge < -0.3 is 4.84 Å². The van der Waals surface area contributed by atoms with Crippen molar-refractivity contribution in [3.63, 3.8) is 0 Å². The topological polar surface area (TPSA) is 110 Å². The second kappa shape index (κ2) is 10.0. The van der Waals surface area contributed by atoms with Crippen molar-refractivity contribution < 1.29 is 39.6 Å². The molecule has 1 atom stereocenters. The zero-order valence-corrected chi connectivity index (χ0v) is 19.7. The number of alkyl halides is 3. The van der Waals surface area contributed by atoms with Gasteiger partial charge in [-0.3, -0.25) is 4.79 Å². The maximum atomic E-state index is 13.6. The SMILES string of the molecule is CC(=O)ON1CCCC1CCNS(=O)(=O)c1cc(S(=O)(=O)c2ccccc2)ccc1C(F)(F)F. The Balaban J connectivity index is 1.88. The van der Waals surface area contributed by atoms with Crippen molar-refractivity contribution in [1.29, 1.82) is 0 Å². The summed E-state index contributed by atoms with van der Waals surface area (Å²) in [5.41, 5.74) is -1.48. The molecule has 13 heteroatoms. The Morgan fingerprint density at radius 3 is 2.38 bits per heavy atom. The van der Waals surface area contributed by atoms with Crippen LogP contribution in [0, 0.1) is 0 Å². The zero-order chi connectivity index (χ0) is 25.1. The summed E-state index contributed by atoms with van der Waals surface area (Å²) in [7, 11) is -8.98. The molecule has 0 aromatic heterocycles. The van der Waals surface area contributed by atoms with Crippen LogP contribution >= 0.6 is 0 Å². The predicted octanol–water partition coefficient (Wildman–Crippen LogP) is 3.15. The van der Waals surface area contributed by atoms with E-state index in [-0.39, 0.29) is 23.9 Å². The van der Waals surface area contributed by atoms with Crippen LogP contribution in [-0.4, -0.2) is 47.0 Å². The van der Waals surface area contributed by atoms with Crippen LogP contribution < -0.4 is 4.72 Å². The first-order chi connectivity index (χ1) is 15.8. The Morgan fingerprint density at radius 2 is 1.76 bits per heavy atom. The summed E-state index contributed by atoms with van der Waals surface area (Å²) in [5.74, 6) is -0.529. The van der Waals surface area contributed by atoms with Crippen LogP contribution in [0.2, 0.25) is 0 Å². The highest BCUT2D eigenvalue weighted by atomic mass is 32.2. The number of hydrogen-bond acceptors (Lipinski definition) is 7. The van der Waals surface area contributed by atoms with Crippen LogP contribution in [0.4, 0.5) is 13.2 Å². The van der Waals surface area contributed by atoms with Crippen molar-refractivity contribution in [2.75, 3.05) is 13.1 Å². The van der Waals surface area contributed by atoms with Gasteiger partial charge in [0.15, 0.2) is 0 Å². The van der Waals surface area contributed by atoms with Gasteiger partial charge in [-0.25, -0.2) is 21.6 Å². The lowest BCUT2D eigenvalue weighted by molar-refractivity contribution is -0.192. The average Bonchev–Trinajstić information content (AvgIpc) is 3.19. The standard InChI is InChI=1S/C21H23F3N2O6S2/c1-15(27)32-26-13-5-6-16(26)11-12-25-34(30,31)20-14-18(9-10-19(20)21(22,23)24)33(28,29)17-7-3-2-4-8-17/h2-4,7-10,14,16,25H,5-6,11-13H2,1H3. The lowest BCUT2D eigenvalue weighted by Crippen LogP contribution is -2.35. The van der Waals surface area contributed by atoms with Gasteiger partial charge in [-0.05, 0) is 49.6 Å². The molecule has 1 saturated heterocycles. The van der Waals surface area contributed by atoms with Crippen LogP contribution in [0.25, 0.3) is 0 Å². The molecule has 1 fully saturated rings. The smallest absolute Gasteiger partial charge is 0.368 e. The Bertz CT molecular complexity index is 1250. The molecule has 1 heterocycles. The van der Waals surface area contributed by atoms with E-state index in [1.165, 1.54) is 36.3 Å². The summed E-state index contributed by atoms with van der Waals surface area (Å²) in [6.45, 7) is 1.46. The molecular weight excluding hydrogens is 497 g/mol. The minimum absolute atomic E-state index is 0.176. The molecule has 0 saturated carbocycles. The second-order valence-corrected chi connectivity index (χ2v) is 11.4. The van der Waals surface area contributed by atoms with Gasteiger partial charge in [0.25, 0.3) is 0 Å². The van der Waals surface area contributed by atoms with Crippen LogP contribution in [0.1, 0.15) is 31.7 Å². The Hall–Kier alpha value is -2.48. The van der Waals surface area contributed by atoms with Gasteiger partial charge >= 0.3 is 12.1 Å². The number of sulfone groups is 1. The second-order valence-electron chi connectivity index (χ2n) is 7.68. The first-order valence-electron chi connectivity index (χ1n) is 10.3. The van der Waals surface area contributed by atoms with Gasteiger partial charge in [-0.1, -0.05) is 18.2 Å². The maximum Gasteiger partial charge on any atom is 0.417 e. The molecule has 186 valence electrons. The van der Waals surface area contributed by atoms with Crippen molar-refractivity contribution in [2.45, 2.75) is 53.1 Å². The van der Waals surface area contributed by atoms with Gasteiger partial charge in [0, 0.05) is 26.1 Å². The molecule has 1 N–H and O–H groups in total. The van der Waals surface area contributed by atoms with E-state index in [9.17, 15) is 34.8 Å². The average molecular weight is 521 g/mol. The molecule has 1 unspecified atom stereocenters. The fraction of sp³-hybridized carbons (Fsp3) is 0.381. The zero-order valence-electron chi connectivity index (χ0n) is 18.1. The van der Waals surface area contributed by atoms with E-state index < -0.39 is 47.4 Å². The lowest BCUT2D eigenvalue weighted by atomic mass is 10.2. The first kappa shape index (κ1) is 26.1. The minimum atomic E-state index is -5.03. The molecule has 2 aromatic carbocycles. The molecule has 0 radical (unpaired) electrons. The molecule has 2 aromatic rings. The maximum absolute atomic E-state index is 13.6. The third-order valence-corrected chi connectivity index (χ3v) is 8.52. The third kappa shape index (κ3) is 5.95. The number of nitrogens with one attached hydrogen (secondary N) is 1. The van der Waals surface area contributed by atoms with E-state index in [4.69, 9.17) is 4.84 Å². The van der Waals surface area contributed by atoms with Crippen LogP contribution in [0.15, 0.2) is 63.2 Å². The highest BCUT2D eigenvalue weighted by Gasteiger charge is 2.38. The summed E-state index contributed by atoms with van der Waals surface area (Å²) >= 11 is 0. The highest BCUT2D eigenvalue weighted by Crippen LogP contribution is 2.36. The summed E-state index contributed by atoms with van der Waals surface area (Å²) in [4.78, 5) is 14.3. The van der Waals surface area contributed by atoms with E-state index >= 15 is 0 Å². The Labute approximate surface area is 195 Å². The molecule has 0 bridgehead atoms. The van der Waals surface area contributed by atoms with E-state index in [1.807, 2.05) is 0 Å². The highest BCUT2D eigenvalue weighted by molar-refractivity contribution is 7.91. The molecule has 0 aliphatic carbocycles. The molecule has 3 rings (SSSR count). The number of benzene rings is 2. The number of sulfonamides is 1. The molecular formula is C21H23F3N2O6S2. The number of hydroxylamine groups is 2. The summed E-state index contributed by atoms with van der Waals surface area (Å²) < 4.78 is 94.2. The number of nitrogens with zero attached hydrogens (tertiary/aromatic N) is 1.